The molecule has 214 valence electrons. The first-order chi connectivity index (χ1) is 19.0. The van der Waals surface area contributed by atoms with Crippen molar-refractivity contribution in [2.75, 3.05) is 37.7 Å². The van der Waals surface area contributed by atoms with Crippen LogP contribution in [-0.2, 0) is 9.59 Å². The number of rotatable bonds is 8. The SMILES string of the molecule is CC(C)CN1CN(c2ccccc2)C2(CCN(C(=O)NCC(NC(=O)c3c(F)cccc3F)C(=O)O)CC2)C1=O. The summed E-state index contributed by atoms with van der Waals surface area (Å²) >= 11 is 0. The molecule has 12 heteroatoms. The van der Waals surface area contributed by atoms with Crippen LogP contribution in [0.15, 0.2) is 48.5 Å². The number of piperidine rings is 1. The van der Waals surface area contributed by atoms with Crippen molar-refractivity contribution in [1.29, 1.82) is 0 Å². The molecule has 1 unspecified atom stereocenters. The zero-order chi connectivity index (χ0) is 29.0. The Balaban J connectivity index is 1.40. The maximum Gasteiger partial charge on any atom is 0.328 e. The van der Waals surface area contributed by atoms with E-state index in [0.29, 0.717) is 32.0 Å². The lowest BCUT2D eigenvalue weighted by atomic mass is 9.85. The smallest absolute Gasteiger partial charge is 0.328 e. The fraction of sp³-hybridized carbons (Fsp3) is 0.429. The molecule has 0 aromatic heterocycles. The minimum Gasteiger partial charge on any atom is -0.480 e. The molecule has 0 saturated carbocycles. The molecule has 2 aromatic rings. The van der Waals surface area contributed by atoms with Crippen molar-refractivity contribution < 1.29 is 33.1 Å². The van der Waals surface area contributed by atoms with E-state index in [1.807, 2.05) is 35.2 Å². The van der Waals surface area contributed by atoms with E-state index in [4.69, 9.17) is 0 Å². The Labute approximate surface area is 230 Å². The number of likely N-dealkylation sites (tertiary alicyclic amines) is 1. The molecule has 2 aromatic carbocycles. The number of hydrogen-bond donors (Lipinski definition) is 3. The van der Waals surface area contributed by atoms with Gasteiger partial charge in [0, 0.05) is 25.3 Å². The summed E-state index contributed by atoms with van der Waals surface area (Å²) < 4.78 is 27.9. The molecule has 2 heterocycles. The number of nitrogens with zero attached hydrogens (tertiary/aromatic N) is 3. The highest BCUT2D eigenvalue weighted by atomic mass is 19.1. The highest BCUT2D eigenvalue weighted by Crippen LogP contribution is 2.39. The van der Waals surface area contributed by atoms with Gasteiger partial charge in [-0.2, -0.15) is 0 Å². The van der Waals surface area contributed by atoms with Gasteiger partial charge in [0.05, 0.1) is 13.2 Å². The monoisotopic (exact) mass is 557 g/mol. The van der Waals surface area contributed by atoms with Crippen LogP contribution < -0.4 is 15.5 Å². The number of urea groups is 1. The second-order valence-electron chi connectivity index (χ2n) is 10.5. The molecule has 2 fully saturated rings. The number of anilines is 1. The Kier molecular flexibility index (Phi) is 8.55. The van der Waals surface area contributed by atoms with Crippen LogP contribution in [0, 0.1) is 17.6 Å². The first kappa shape index (κ1) is 28.8. The first-order valence-corrected chi connectivity index (χ1v) is 13.2. The molecule has 4 rings (SSSR count). The average Bonchev–Trinajstić information content (AvgIpc) is 3.17. The zero-order valence-corrected chi connectivity index (χ0v) is 22.4. The van der Waals surface area contributed by atoms with E-state index in [0.717, 1.165) is 23.9 Å². The first-order valence-electron chi connectivity index (χ1n) is 13.2. The third-order valence-electron chi connectivity index (χ3n) is 7.30. The fourth-order valence-electron chi connectivity index (χ4n) is 5.31. The number of carboxylic acids is 1. The van der Waals surface area contributed by atoms with Crippen LogP contribution in [-0.4, -0.2) is 83.1 Å². The molecule has 10 nitrogen and oxygen atoms in total. The van der Waals surface area contributed by atoms with Gasteiger partial charge < -0.3 is 30.4 Å². The van der Waals surface area contributed by atoms with Crippen LogP contribution in [0.1, 0.15) is 37.0 Å². The Morgan fingerprint density at radius 1 is 1.00 bits per heavy atom. The summed E-state index contributed by atoms with van der Waals surface area (Å²) in [7, 11) is 0. The second kappa shape index (κ2) is 11.9. The quantitative estimate of drug-likeness (QED) is 0.459. The van der Waals surface area contributed by atoms with Gasteiger partial charge in [0.25, 0.3) is 5.91 Å². The number of carbonyl (C=O) groups excluding carboxylic acids is 3. The molecule has 40 heavy (non-hydrogen) atoms. The van der Waals surface area contributed by atoms with Crippen molar-refractivity contribution in [2.24, 2.45) is 5.92 Å². The van der Waals surface area contributed by atoms with Gasteiger partial charge in [-0.1, -0.05) is 38.1 Å². The number of carbonyl (C=O) groups is 4. The van der Waals surface area contributed by atoms with Crippen molar-refractivity contribution in [3.8, 4) is 0 Å². The molecule has 2 saturated heterocycles. The second-order valence-corrected chi connectivity index (χ2v) is 10.5. The van der Waals surface area contributed by atoms with Gasteiger partial charge in [-0.15, -0.1) is 0 Å². The maximum absolute atomic E-state index is 13.9. The molecular formula is C28H33F2N5O5. The molecule has 4 amide bonds. The topological polar surface area (TPSA) is 122 Å². The minimum atomic E-state index is -1.62. The van der Waals surface area contributed by atoms with E-state index in [2.05, 4.69) is 29.4 Å². The lowest BCUT2D eigenvalue weighted by molar-refractivity contribution is -0.139. The number of aliphatic carboxylic acids is 1. The van der Waals surface area contributed by atoms with Crippen molar-refractivity contribution in [3.63, 3.8) is 0 Å². The minimum absolute atomic E-state index is 0.0270. The van der Waals surface area contributed by atoms with Crippen molar-refractivity contribution in [2.45, 2.75) is 38.3 Å². The van der Waals surface area contributed by atoms with Crippen LogP contribution in [0.2, 0.25) is 0 Å². The van der Waals surface area contributed by atoms with Crippen molar-refractivity contribution in [1.82, 2.24) is 20.4 Å². The van der Waals surface area contributed by atoms with E-state index in [-0.39, 0.29) is 19.0 Å². The molecule has 2 aliphatic rings. The summed E-state index contributed by atoms with van der Waals surface area (Å²) in [6.07, 6.45) is 0.767. The number of benzene rings is 2. The molecule has 1 spiro atoms. The third kappa shape index (κ3) is 5.85. The van der Waals surface area contributed by atoms with E-state index in [9.17, 15) is 33.1 Å². The highest BCUT2D eigenvalue weighted by Gasteiger charge is 2.54. The Morgan fingerprint density at radius 2 is 1.62 bits per heavy atom. The number of amides is 4. The number of halogens is 2. The van der Waals surface area contributed by atoms with Gasteiger partial charge >= 0.3 is 12.0 Å². The van der Waals surface area contributed by atoms with Crippen LogP contribution >= 0.6 is 0 Å². The largest absolute Gasteiger partial charge is 0.480 e. The summed E-state index contributed by atoms with van der Waals surface area (Å²) in [5.41, 5.74) is -0.780. The number of nitrogens with one attached hydrogen (secondary N) is 2. The number of para-hydroxylation sites is 1. The van der Waals surface area contributed by atoms with Crippen molar-refractivity contribution in [3.05, 3.63) is 65.7 Å². The normalized spacial score (nSPS) is 17.3. The summed E-state index contributed by atoms with van der Waals surface area (Å²) in [5.74, 6) is -4.68. The Hall–Kier alpha value is -4.22. The van der Waals surface area contributed by atoms with Crippen molar-refractivity contribution >= 4 is 29.5 Å². The van der Waals surface area contributed by atoms with E-state index in [1.165, 1.54) is 4.90 Å². The molecule has 0 bridgehead atoms. The fourth-order valence-corrected chi connectivity index (χ4v) is 5.31. The molecule has 0 radical (unpaired) electrons. The maximum atomic E-state index is 13.9. The third-order valence-corrected chi connectivity index (χ3v) is 7.30. The van der Waals surface area contributed by atoms with E-state index < -0.39 is 53.2 Å². The molecule has 0 aliphatic carbocycles. The van der Waals surface area contributed by atoms with Gasteiger partial charge in [-0.25, -0.2) is 18.4 Å². The predicted octanol–water partition coefficient (Wildman–Crippen LogP) is 2.65. The van der Waals surface area contributed by atoms with E-state index in [1.54, 1.807) is 0 Å². The van der Waals surface area contributed by atoms with Gasteiger partial charge in [0.1, 0.15) is 28.8 Å². The van der Waals surface area contributed by atoms with Gasteiger partial charge in [0.15, 0.2) is 0 Å². The summed E-state index contributed by atoms with van der Waals surface area (Å²) in [6, 6.07) is 10.3. The van der Waals surface area contributed by atoms with Gasteiger partial charge in [-0.3, -0.25) is 9.59 Å². The highest BCUT2D eigenvalue weighted by molar-refractivity contribution is 5.97. The number of carboxylic acid groups (broad SMARTS) is 1. The zero-order valence-electron chi connectivity index (χ0n) is 22.4. The Morgan fingerprint density at radius 3 is 2.20 bits per heavy atom. The molecule has 3 N–H and O–H groups in total. The summed E-state index contributed by atoms with van der Waals surface area (Å²) in [6.45, 7) is 5.18. The van der Waals surface area contributed by atoms with Crippen LogP contribution in [0.4, 0.5) is 19.3 Å². The average molecular weight is 558 g/mol. The van der Waals surface area contributed by atoms with Gasteiger partial charge in [0.2, 0.25) is 5.91 Å². The standard InChI is InChI=1S/C28H33F2N5O5/c1-18(2)16-34-17-35(19-7-4-3-5-8-19)28(26(34)39)11-13-33(14-12-28)27(40)31-15-22(25(37)38)32-24(36)23-20(29)9-6-10-21(23)30/h3-10,18,22H,11-17H2,1-2H3,(H,31,40)(H,32,36)(H,37,38). The molecular weight excluding hydrogens is 524 g/mol. The van der Waals surface area contributed by atoms with Crippen LogP contribution in [0.3, 0.4) is 0 Å². The predicted molar refractivity (Wildman–Crippen MR) is 143 cm³/mol. The van der Waals surface area contributed by atoms with Crippen LogP contribution in [0.25, 0.3) is 0 Å². The van der Waals surface area contributed by atoms with E-state index >= 15 is 0 Å². The lowest BCUT2D eigenvalue weighted by Crippen LogP contribution is -2.59. The van der Waals surface area contributed by atoms with Gasteiger partial charge in [-0.05, 0) is 43.0 Å². The summed E-state index contributed by atoms with van der Waals surface area (Å²) in [4.78, 5) is 56.0. The summed E-state index contributed by atoms with van der Waals surface area (Å²) in [5, 5.41) is 14.0. The molecule has 1 atom stereocenters. The van der Waals surface area contributed by atoms with Crippen LogP contribution in [0.5, 0.6) is 0 Å². The number of hydrogen-bond acceptors (Lipinski definition) is 5. The lowest BCUT2D eigenvalue weighted by Gasteiger charge is -2.43. The Bertz CT molecular complexity index is 1250. The molecule has 2 aliphatic heterocycles.